The Morgan fingerprint density at radius 1 is 1.06 bits per heavy atom. The zero-order valence-electron chi connectivity index (χ0n) is 17.5. The number of amides is 1. The summed E-state index contributed by atoms with van der Waals surface area (Å²) in [7, 11) is 2.11. The number of fused-ring (bicyclic) bond motifs is 2. The van der Waals surface area contributed by atoms with Crippen molar-refractivity contribution in [2.75, 3.05) is 23.8 Å². The van der Waals surface area contributed by atoms with Gasteiger partial charge in [0.2, 0.25) is 0 Å². The first-order valence-corrected chi connectivity index (χ1v) is 10.6. The van der Waals surface area contributed by atoms with Gasteiger partial charge in [-0.05, 0) is 60.4 Å². The molecular formula is C26H25N3O2. The quantitative estimate of drug-likeness (QED) is 0.463. The third-order valence-electron chi connectivity index (χ3n) is 5.78. The van der Waals surface area contributed by atoms with Crippen LogP contribution in [-0.2, 0) is 13.0 Å². The van der Waals surface area contributed by atoms with E-state index in [1.165, 1.54) is 11.3 Å². The number of aromatic amines is 1. The molecule has 0 aliphatic carbocycles. The number of hydrogen-bond donors (Lipinski definition) is 2. The van der Waals surface area contributed by atoms with Gasteiger partial charge in [-0.3, -0.25) is 4.79 Å². The lowest BCUT2D eigenvalue weighted by Gasteiger charge is -2.27. The largest absolute Gasteiger partial charge is 0.489 e. The molecule has 156 valence electrons. The summed E-state index contributed by atoms with van der Waals surface area (Å²) in [6, 6.07) is 23.9. The fourth-order valence-corrected chi connectivity index (χ4v) is 4.12. The van der Waals surface area contributed by atoms with Gasteiger partial charge in [0.15, 0.2) is 0 Å². The fraction of sp³-hybridized carbons (Fsp3) is 0.192. The molecule has 0 atom stereocenters. The van der Waals surface area contributed by atoms with E-state index in [-0.39, 0.29) is 5.91 Å². The number of hydrogen-bond acceptors (Lipinski definition) is 3. The Morgan fingerprint density at radius 3 is 2.81 bits per heavy atom. The molecule has 1 aliphatic rings. The van der Waals surface area contributed by atoms with Gasteiger partial charge in [0.25, 0.3) is 5.91 Å². The number of anilines is 2. The van der Waals surface area contributed by atoms with E-state index in [0.717, 1.165) is 47.3 Å². The van der Waals surface area contributed by atoms with E-state index in [0.29, 0.717) is 12.3 Å². The van der Waals surface area contributed by atoms with Crippen molar-refractivity contribution in [2.24, 2.45) is 0 Å². The van der Waals surface area contributed by atoms with Gasteiger partial charge in [0.05, 0.1) is 0 Å². The summed E-state index contributed by atoms with van der Waals surface area (Å²) in [4.78, 5) is 18.3. The SMILES string of the molecule is CN1CCCc2cc(NC(=O)c3cc4ccc(OCc5ccccc5)cc4[nH]3)ccc21. The van der Waals surface area contributed by atoms with Crippen molar-refractivity contribution in [1.82, 2.24) is 4.98 Å². The minimum atomic E-state index is -0.146. The first kappa shape index (κ1) is 19.2. The Balaban J connectivity index is 1.30. The van der Waals surface area contributed by atoms with Crippen molar-refractivity contribution in [1.29, 1.82) is 0 Å². The number of aryl methyl sites for hydroxylation is 1. The Hall–Kier alpha value is -3.73. The minimum Gasteiger partial charge on any atom is -0.489 e. The molecule has 1 aliphatic heterocycles. The molecule has 5 nitrogen and oxygen atoms in total. The fourth-order valence-electron chi connectivity index (χ4n) is 4.12. The zero-order valence-corrected chi connectivity index (χ0v) is 17.5. The van der Waals surface area contributed by atoms with Crippen molar-refractivity contribution >= 4 is 28.2 Å². The molecule has 4 aromatic rings. The number of nitrogens with zero attached hydrogens (tertiary/aromatic N) is 1. The van der Waals surface area contributed by atoms with Gasteiger partial charge in [-0.25, -0.2) is 0 Å². The van der Waals surface area contributed by atoms with Crippen LogP contribution in [0.5, 0.6) is 5.75 Å². The molecule has 0 unspecified atom stereocenters. The highest BCUT2D eigenvalue weighted by atomic mass is 16.5. The molecule has 0 saturated heterocycles. The highest BCUT2D eigenvalue weighted by Crippen LogP contribution is 2.29. The average Bonchev–Trinajstić information content (AvgIpc) is 3.22. The number of benzene rings is 3. The van der Waals surface area contributed by atoms with Crippen molar-refractivity contribution < 1.29 is 9.53 Å². The number of carbonyl (C=O) groups is 1. The third-order valence-corrected chi connectivity index (χ3v) is 5.78. The Kier molecular flexibility index (Phi) is 5.08. The molecule has 1 aromatic heterocycles. The van der Waals surface area contributed by atoms with Crippen LogP contribution < -0.4 is 15.0 Å². The van der Waals surface area contributed by atoms with Crippen LogP contribution in [0.25, 0.3) is 10.9 Å². The molecule has 1 amide bonds. The summed E-state index contributed by atoms with van der Waals surface area (Å²) in [5.74, 6) is 0.621. The lowest BCUT2D eigenvalue weighted by molar-refractivity contribution is 0.102. The molecule has 31 heavy (non-hydrogen) atoms. The summed E-state index contributed by atoms with van der Waals surface area (Å²) in [5, 5.41) is 4.00. The second-order valence-electron chi connectivity index (χ2n) is 8.03. The van der Waals surface area contributed by atoms with E-state index in [9.17, 15) is 4.79 Å². The molecule has 5 rings (SSSR count). The summed E-state index contributed by atoms with van der Waals surface area (Å²) < 4.78 is 5.90. The first-order valence-electron chi connectivity index (χ1n) is 10.6. The highest BCUT2D eigenvalue weighted by Gasteiger charge is 2.15. The van der Waals surface area contributed by atoms with Gasteiger partial charge in [0.1, 0.15) is 18.1 Å². The number of aromatic nitrogens is 1. The predicted octanol–water partition coefficient (Wildman–Crippen LogP) is 5.38. The van der Waals surface area contributed by atoms with Crippen LogP contribution in [0.3, 0.4) is 0 Å². The molecule has 0 radical (unpaired) electrons. The molecule has 0 fully saturated rings. The maximum absolute atomic E-state index is 12.8. The van der Waals surface area contributed by atoms with Crippen molar-refractivity contribution in [3.8, 4) is 5.75 Å². The average molecular weight is 412 g/mol. The smallest absolute Gasteiger partial charge is 0.272 e. The zero-order chi connectivity index (χ0) is 21.2. The maximum Gasteiger partial charge on any atom is 0.272 e. The molecule has 0 spiro atoms. The van der Waals surface area contributed by atoms with Crippen LogP contribution in [-0.4, -0.2) is 24.5 Å². The van der Waals surface area contributed by atoms with Gasteiger partial charge in [0, 0.05) is 41.9 Å². The van der Waals surface area contributed by atoms with Gasteiger partial charge < -0.3 is 19.9 Å². The highest BCUT2D eigenvalue weighted by molar-refractivity contribution is 6.06. The van der Waals surface area contributed by atoms with Crippen molar-refractivity contribution in [3.63, 3.8) is 0 Å². The van der Waals surface area contributed by atoms with Crippen LogP contribution in [0.1, 0.15) is 28.0 Å². The molecule has 2 heterocycles. The second kappa shape index (κ2) is 8.19. The Labute approximate surface area is 181 Å². The molecule has 2 N–H and O–H groups in total. The van der Waals surface area contributed by atoms with E-state index < -0.39 is 0 Å². The van der Waals surface area contributed by atoms with Crippen LogP contribution >= 0.6 is 0 Å². The van der Waals surface area contributed by atoms with Crippen LogP contribution in [0.15, 0.2) is 72.8 Å². The molecule has 0 bridgehead atoms. The van der Waals surface area contributed by atoms with E-state index >= 15 is 0 Å². The summed E-state index contributed by atoms with van der Waals surface area (Å²) >= 11 is 0. The van der Waals surface area contributed by atoms with Gasteiger partial charge in [-0.15, -0.1) is 0 Å². The number of H-pyrrole nitrogens is 1. The summed E-state index contributed by atoms with van der Waals surface area (Å²) in [5.41, 5.74) is 5.88. The molecular weight excluding hydrogens is 386 g/mol. The normalized spacial score (nSPS) is 13.1. The van der Waals surface area contributed by atoms with E-state index in [1.54, 1.807) is 0 Å². The lowest BCUT2D eigenvalue weighted by Crippen LogP contribution is -2.24. The molecule has 5 heteroatoms. The van der Waals surface area contributed by atoms with E-state index in [4.69, 9.17) is 4.74 Å². The number of ether oxygens (including phenoxy) is 1. The number of nitrogens with one attached hydrogen (secondary N) is 2. The topological polar surface area (TPSA) is 57.4 Å². The second-order valence-corrected chi connectivity index (χ2v) is 8.03. The number of rotatable bonds is 5. The van der Waals surface area contributed by atoms with Gasteiger partial charge >= 0.3 is 0 Å². The van der Waals surface area contributed by atoms with Crippen LogP contribution in [0, 0.1) is 0 Å². The van der Waals surface area contributed by atoms with Crippen molar-refractivity contribution in [3.05, 3.63) is 89.6 Å². The standard InChI is InChI=1S/C26H25N3O2/c1-29-13-5-8-20-14-21(10-12-25(20)29)27-26(30)24-15-19-9-11-22(16-23(19)28-24)31-17-18-6-3-2-4-7-18/h2-4,6-7,9-12,14-16,28H,5,8,13,17H2,1H3,(H,27,30). The summed E-state index contributed by atoms with van der Waals surface area (Å²) in [6.45, 7) is 1.58. The lowest BCUT2D eigenvalue weighted by atomic mass is 10.0. The Bertz CT molecular complexity index is 1230. The van der Waals surface area contributed by atoms with Gasteiger partial charge in [-0.2, -0.15) is 0 Å². The van der Waals surface area contributed by atoms with Crippen LogP contribution in [0.2, 0.25) is 0 Å². The van der Waals surface area contributed by atoms with Crippen molar-refractivity contribution in [2.45, 2.75) is 19.4 Å². The summed E-state index contributed by atoms with van der Waals surface area (Å²) in [6.07, 6.45) is 2.18. The van der Waals surface area contributed by atoms with Crippen LogP contribution in [0.4, 0.5) is 11.4 Å². The predicted molar refractivity (Wildman–Crippen MR) is 125 cm³/mol. The Morgan fingerprint density at radius 2 is 1.94 bits per heavy atom. The monoisotopic (exact) mass is 411 g/mol. The van der Waals surface area contributed by atoms with Gasteiger partial charge in [-0.1, -0.05) is 30.3 Å². The molecule has 0 saturated carbocycles. The molecule has 3 aromatic carbocycles. The first-order chi connectivity index (χ1) is 15.2. The number of carbonyl (C=O) groups excluding carboxylic acids is 1. The van der Waals surface area contributed by atoms with E-state index in [1.807, 2.05) is 60.7 Å². The third kappa shape index (κ3) is 4.12. The minimum absolute atomic E-state index is 0.146. The van der Waals surface area contributed by atoms with E-state index in [2.05, 4.69) is 34.4 Å². The maximum atomic E-state index is 12.8.